The van der Waals surface area contributed by atoms with Crippen molar-refractivity contribution in [3.8, 4) is 6.07 Å². The molecule has 2 fully saturated rings. The van der Waals surface area contributed by atoms with Crippen molar-refractivity contribution in [3.63, 3.8) is 0 Å². The first-order valence-electron chi connectivity index (χ1n) is 7.30. The second-order valence-electron chi connectivity index (χ2n) is 5.64. The van der Waals surface area contributed by atoms with Crippen molar-refractivity contribution in [2.75, 3.05) is 31.1 Å². The van der Waals surface area contributed by atoms with E-state index in [2.05, 4.69) is 15.9 Å². The zero-order chi connectivity index (χ0) is 13.9. The van der Waals surface area contributed by atoms with Crippen molar-refractivity contribution in [1.82, 2.24) is 4.90 Å². The lowest BCUT2D eigenvalue weighted by Crippen LogP contribution is -2.55. The fourth-order valence-corrected chi connectivity index (χ4v) is 3.37. The van der Waals surface area contributed by atoms with E-state index in [1.54, 1.807) is 12.1 Å². The molecule has 104 valence electrons. The molecule has 20 heavy (non-hydrogen) atoms. The topological polar surface area (TPSA) is 47.3 Å². The van der Waals surface area contributed by atoms with Gasteiger partial charge in [0.2, 0.25) is 0 Å². The average Bonchev–Trinajstić information content (AvgIpc) is 2.53. The number of carbonyl (C=O) groups is 1. The number of hydrogen-bond donors (Lipinski definition) is 0. The van der Waals surface area contributed by atoms with Crippen molar-refractivity contribution < 1.29 is 4.79 Å². The van der Waals surface area contributed by atoms with Crippen LogP contribution in [0.15, 0.2) is 18.2 Å². The van der Waals surface area contributed by atoms with Gasteiger partial charge in [-0.1, -0.05) is 6.42 Å². The van der Waals surface area contributed by atoms with Crippen LogP contribution < -0.4 is 4.90 Å². The van der Waals surface area contributed by atoms with E-state index in [0.717, 1.165) is 31.6 Å². The summed E-state index contributed by atoms with van der Waals surface area (Å²) in [6.07, 6.45) is 4.67. The zero-order valence-electron chi connectivity index (χ0n) is 11.6. The van der Waals surface area contributed by atoms with Crippen molar-refractivity contribution in [1.29, 1.82) is 5.26 Å². The SMILES string of the molecule is N#Cc1cc(C=O)ccc1N1CCN2CCCCC2C1. The molecule has 2 saturated heterocycles. The second kappa shape index (κ2) is 5.64. The molecule has 1 aromatic rings. The normalized spacial score (nSPS) is 22.9. The number of hydrogen-bond acceptors (Lipinski definition) is 4. The molecule has 1 atom stereocenters. The van der Waals surface area contributed by atoms with Gasteiger partial charge < -0.3 is 4.90 Å². The van der Waals surface area contributed by atoms with Gasteiger partial charge in [0.05, 0.1) is 11.3 Å². The quantitative estimate of drug-likeness (QED) is 0.771. The van der Waals surface area contributed by atoms with E-state index in [4.69, 9.17) is 0 Å². The number of nitriles is 1. The first-order chi connectivity index (χ1) is 9.81. The van der Waals surface area contributed by atoms with E-state index >= 15 is 0 Å². The molecule has 0 N–H and O–H groups in total. The van der Waals surface area contributed by atoms with Gasteiger partial charge in [0, 0.05) is 31.2 Å². The van der Waals surface area contributed by atoms with Gasteiger partial charge in [-0.25, -0.2) is 0 Å². The molecule has 2 aliphatic rings. The first-order valence-corrected chi connectivity index (χ1v) is 7.30. The first kappa shape index (κ1) is 13.1. The van der Waals surface area contributed by atoms with E-state index in [1.807, 2.05) is 6.07 Å². The van der Waals surface area contributed by atoms with Crippen LogP contribution in [0.5, 0.6) is 0 Å². The number of fused-ring (bicyclic) bond motifs is 1. The lowest BCUT2D eigenvalue weighted by molar-refractivity contribution is 0.112. The minimum atomic E-state index is 0.571. The maximum atomic E-state index is 10.8. The van der Waals surface area contributed by atoms with E-state index in [0.29, 0.717) is 17.2 Å². The van der Waals surface area contributed by atoms with Gasteiger partial charge in [-0.15, -0.1) is 0 Å². The Labute approximate surface area is 119 Å². The summed E-state index contributed by atoms with van der Waals surface area (Å²) >= 11 is 0. The summed E-state index contributed by atoms with van der Waals surface area (Å²) in [6.45, 7) is 4.25. The van der Waals surface area contributed by atoms with Gasteiger partial charge in [0.1, 0.15) is 12.4 Å². The summed E-state index contributed by atoms with van der Waals surface area (Å²) in [5, 5.41) is 9.30. The number of nitrogens with zero attached hydrogens (tertiary/aromatic N) is 3. The molecular weight excluding hydrogens is 250 g/mol. The van der Waals surface area contributed by atoms with Crippen LogP contribution in [-0.2, 0) is 0 Å². The fourth-order valence-electron chi connectivity index (χ4n) is 3.37. The Balaban J connectivity index is 1.83. The Kier molecular flexibility index (Phi) is 3.70. The zero-order valence-corrected chi connectivity index (χ0v) is 11.6. The molecule has 0 radical (unpaired) electrons. The molecule has 0 amide bonds. The van der Waals surface area contributed by atoms with Crippen LogP contribution >= 0.6 is 0 Å². The van der Waals surface area contributed by atoms with Crippen LogP contribution in [0.3, 0.4) is 0 Å². The third-order valence-electron chi connectivity index (χ3n) is 4.46. The molecule has 4 heteroatoms. The Bertz CT molecular complexity index is 549. The fraction of sp³-hybridized carbons (Fsp3) is 0.500. The minimum absolute atomic E-state index is 0.571. The largest absolute Gasteiger partial charge is 0.368 e. The molecule has 3 rings (SSSR count). The Hall–Kier alpha value is -1.86. The van der Waals surface area contributed by atoms with E-state index in [-0.39, 0.29) is 0 Å². The van der Waals surface area contributed by atoms with E-state index in [9.17, 15) is 10.1 Å². The third kappa shape index (κ3) is 2.41. The summed E-state index contributed by atoms with van der Waals surface area (Å²) in [5.41, 5.74) is 2.16. The second-order valence-corrected chi connectivity index (χ2v) is 5.64. The predicted octanol–water partition coefficient (Wildman–Crippen LogP) is 2.05. The van der Waals surface area contributed by atoms with Gasteiger partial charge >= 0.3 is 0 Å². The highest BCUT2D eigenvalue weighted by Crippen LogP contribution is 2.27. The number of anilines is 1. The van der Waals surface area contributed by atoms with Gasteiger partial charge in [-0.05, 0) is 37.6 Å². The van der Waals surface area contributed by atoms with Crippen LogP contribution in [0, 0.1) is 11.3 Å². The van der Waals surface area contributed by atoms with Crippen LogP contribution in [0.4, 0.5) is 5.69 Å². The van der Waals surface area contributed by atoms with Crippen molar-refractivity contribution in [3.05, 3.63) is 29.3 Å². The highest BCUT2D eigenvalue weighted by molar-refractivity contribution is 5.78. The minimum Gasteiger partial charge on any atom is -0.368 e. The lowest BCUT2D eigenvalue weighted by Gasteiger charge is -2.45. The molecular formula is C16H19N3O. The monoisotopic (exact) mass is 269 g/mol. The summed E-state index contributed by atoms with van der Waals surface area (Å²) in [6, 6.07) is 8.26. The maximum Gasteiger partial charge on any atom is 0.150 e. The number of piperazine rings is 1. The number of rotatable bonds is 2. The van der Waals surface area contributed by atoms with Crippen LogP contribution in [0.25, 0.3) is 0 Å². The Morgan fingerprint density at radius 3 is 2.95 bits per heavy atom. The standard InChI is InChI=1S/C16H19N3O/c17-10-14-9-13(12-20)4-5-16(14)19-8-7-18-6-2-1-3-15(18)11-19/h4-5,9,12,15H,1-3,6-8,11H2. The smallest absolute Gasteiger partial charge is 0.150 e. The van der Waals surface area contributed by atoms with E-state index in [1.165, 1.54) is 25.8 Å². The number of piperidine rings is 1. The molecule has 0 aromatic heterocycles. The van der Waals surface area contributed by atoms with E-state index < -0.39 is 0 Å². The van der Waals surface area contributed by atoms with Crippen molar-refractivity contribution in [2.24, 2.45) is 0 Å². The Morgan fingerprint density at radius 2 is 2.15 bits per heavy atom. The lowest BCUT2D eigenvalue weighted by atomic mass is 9.98. The number of carbonyl (C=O) groups excluding carboxylic acids is 1. The molecule has 0 spiro atoms. The highest BCUT2D eigenvalue weighted by Gasteiger charge is 2.29. The molecule has 0 saturated carbocycles. The van der Waals surface area contributed by atoms with Gasteiger partial charge in [-0.2, -0.15) is 5.26 Å². The van der Waals surface area contributed by atoms with Gasteiger partial charge in [0.25, 0.3) is 0 Å². The highest BCUT2D eigenvalue weighted by atomic mass is 16.1. The van der Waals surface area contributed by atoms with Gasteiger partial charge in [0.15, 0.2) is 0 Å². The average molecular weight is 269 g/mol. The molecule has 1 aromatic carbocycles. The summed E-state index contributed by atoms with van der Waals surface area (Å²) in [7, 11) is 0. The van der Waals surface area contributed by atoms with Crippen molar-refractivity contribution in [2.45, 2.75) is 25.3 Å². The predicted molar refractivity (Wildman–Crippen MR) is 78.0 cm³/mol. The molecule has 2 aliphatic heterocycles. The summed E-state index contributed by atoms with van der Waals surface area (Å²) in [4.78, 5) is 15.7. The van der Waals surface area contributed by atoms with Crippen LogP contribution in [-0.4, -0.2) is 43.4 Å². The number of benzene rings is 1. The summed E-state index contributed by atoms with van der Waals surface area (Å²) in [5.74, 6) is 0. The van der Waals surface area contributed by atoms with Crippen LogP contribution in [0.2, 0.25) is 0 Å². The molecule has 0 bridgehead atoms. The molecule has 2 heterocycles. The van der Waals surface area contributed by atoms with Crippen molar-refractivity contribution >= 4 is 12.0 Å². The third-order valence-corrected chi connectivity index (χ3v) is 4.46. The maximum absolute atomic E-state index is 10.8. The Morgan fingerprint density at radius 1 is 1.25 bits per heavy atom. The molecule has 4 nitrogen and oxygen atoms in total. The summed E-state index contributed by atoms with van der Waals surface area (Å²) < 4.78 is 0. The van der Waals surface area contributed by atoms with Crippen LogP contribution in [0.1, 0.15) is 35.2 Å². The van der Waals surface area contributed by atoms with Gasteiger partial charge in [-0.3, -0.25) is 9.69 Å². The molecule has 0 aliphatic carbocycles. The number of aldehydes is 1. The molecule has 1 unspecified atom stereocenters.